The summed E-state index contributed by atoms with van der Waals surface area (Å²) in [6.45, 7) is 1.05. The molecule has 1 aromatic heterocycles. The van der Waals surface area contributed by atoms with E-state index in [1.165, 1.54) is 37.0 Å². The number of nitrogens with two attached hydrogens (primary N) is 1. The van der Waals surface area contributed by atoms with Gasteiger partial charge in [0.05, 0.1) is 0 Å². The van der Waals surface area contributed by atoms with Crippen molar-refractivity contribution in [2.75, 3.05) is 7.05 Å². The first kappa shape index (κ1) is 12.1. The smallest absolute Gasteiger partial charge is 0.0328 e. The molecule has 0 aromatic carbocycles. The van der Waals surface area contributed by atoms with Gasteiger partial charge in [0.1, 0.15) is 0 Å². The molecule has 2 unspecified atom stereocenters. The minimum Gasteiger partial charge on any atom is -0.326 e. The normalized spacial score (nSPS) is 26.9. The van der Waals surface area contributed by atoms with Gasteiger partial charge in [0, 0.05) is 23.5 Å². The highest BCUT2D eigenvalue weighted by Crippen LogP contribution is 2.22. The standard InChI is InChI=1S/C13H22N2S/c1-15(10-11-6-5-9-16-11)13-8-4-2-3-7-12(13)14/h5-6,9,12-13H,2-4,7-8,10,14H2,1H3. The molecule has 0 saturated heterocycles. The molecule has 0 spiro atoms. The van der Waals surface area contributed by atoms with E-state index in [0.717, 1.165) is 6.54 Å². The quantitative estimate of drug-likeness (QED) is 0.821. The van der Waals surface area contributed by atoms with Gasteiger partial charge in [-0.05, 0) is 31.3 Å². The number of likely N-dealkylation sites (N-methyl/N-ethyl adjacent to an activating group) is 1. The number of hydrogen-bond donors (Lipinski definition) is 1. The van der Waals surface area contributed by atoms with Gasteiger partial charge >= 0.3 is 0 Å². The molecule has 1 aliphatic carbocycles. The minimum atomic E-state index is 0.368. The molecule has 2 nitrogen and oxygen atoms in total. The van der Waals surface area contributed by atoms with E-state index in [-0.39, 0.29) is 0 Å². The van der Waals surface area contributed by atoms with Gasteiger partial charge in [0.2, 0.25) is 0 Å². The molecule has 1 aromatic rings. The zero-order valence-corrected chi connectivity index (χ0v) is 10.9. The molecule has 2 N–H and O–H groups in total. The second-order valence-electron chi connectivity index (χ2n) is 4.86. The Morgan fingerprint density at radius 2 is 2.19 bits per heavy atom. The maximum atomic E-state index is 6.27. The summed E-state index contributed by atoms with van der Waals surface area (Å²) in [6.07, 6.45) is 6.47. The topological polar surface area (TPSA) is 29.3 Å². The average molecular weight is 238 g/mol. The summed E-state index contributed by atoms with van der Waals surface area (Å²) >= 11 is 1.84. The maximum Gasteiger partial charge on any atom is 0.0328 e. The van der Waals surface area contributed by atoms with Crippen LogP contribution in [0.3, 0.4) is 0 Å². The average Bonchev–Trinajstić information content (AvgIpc) is 2.66. The lowest BCUT2D eigenvalue weighted by Gasteiger charge is -2.31. The molecule has 1 heterocycles. The summed E-state index contributed by atoms with van der Waals surface area (Å²) in [5.41, 5.74) is 6.27. The van der Waals surface area contributed by atoms with Gasteiger partial charge in [-0.2, -0.15) is 0 Å². The van der Waals surface area contributed by atoms with E-state index in [1.54, 1.807) is 0 Å². The Bertz CT molecular complexity index is 297. The highest BCUT2D eigenvalue weighted by molar-refractivity contribution is 7.09. The van der Waals surface area contributed by atoms with E-state index in [4.69, 9.17) is 5.73 Å². The molecule has 3 heteroatoms. The minimum absolute atomic E-state index is 0.368. The Labute approximate surface area is 102 Å². The van der Waals surface area contributed by atoms with E-state index >= 15 is 0 Å². The van der Waals surface area contributed by atoms with Crippen molar-refractivity contribution in [2.45, 2.75) is 50.7 Å². The van der Waals surface area contributed by atoms with E-state index in [2.05, 4.69) is 29.5 Å². The molecule has 1 saturated carbocycles. The molecule has 2 atom stereocenters. The van der Waals surface area contributed by atoms with Crippen LogP contribution < -0.4 is 5.73 Å². The fourth-order valence-corrected chi connectivity index (χ4v) is 3.40. The van der Waals surface area contributed by atoms with Crippen molar-refractivity contribution >= 4 is 11.3 Å². The van der Waals surface area contributed by atoms with Gasteiger partial charge < -0.3 is 5.73 Å². The van der Waals surface area contributed by atoms with E-state index in [9.17, 15) is 0 Å². The lowest BCUT2D eigenvalue weighted by atomic mass is 10.0. The molecule has 0 bridgehead atoms. The van der Waals surface area contributed by atoms with Crippen molar-refractivity contribution in [3.8, 4) is 0 Å². The lowest BCUT2D eigenvalue weighted by molar-refractivity contribution is 0.194. The molecule has 2 rings (SSSR count). The second kappa shape index (κ2) is 5.80. The van der Waals surface area contributed by atoms with Gasteiger partial charge in [-0.1, -0.05) is 25.3 Å². The van der Waals surface area contributed by atoms with Crippen molar-refractivity contribution < 1.29 is 0 Å². The number of nitrogens with zero attached hydrogens (tertiary/aromatic N) is 1. The predicted molar refractivity (Wildman–Crippen MR) is 70.6 cm³/mol. The molecular weight excluding hydrogens is 216 g/mol. The summed E-state index contributed by atoms with van der Waals surface area (Å²) in [7, 11) is 2.22. The molecule has 0 aliphatic heterocycles. The highest BCUT2D eigenvalue weighted by Gasteiger charge is 2.24. The van der Waals surface area contributed by atoms with Crippen LogP contribution in [0.4, 0.5) is 0 Å². The molecular formula is C13H22N2S. The van der Waals surface area contributed by atoms with Crippen LogP contribution in [0.25, 0.3) is 0 Å². The Hall–Kier alpha value is -0.380. The first-order chi connectivity index (χ1) is 7.77. The third kappa shape index (κ3) is 3.06. The van der Waals surface area contributed by atoms with Crippen LogP contribution in [0.15, 0.2) is 17.5 Å². The lowest BCUT2D eigenvalue weighted by Crippen LogP contribution is -2.44. The van der Waals surface area contributed by atoms with Crippen LogP contribution in [0, 0.1) is 0 Å². The van der Waals surface area contributed by atoms with E-state index < -0.39 is 0 Å². The van der Waals surface area contributed by atoms with Crippen LogP contribution in [0.5, 0.6) is 0 Å². The van der Waals surface area contributed by atoms with Gasteiger partial charge in [-0.25, -0.2) is 0 Å². The van der Waals surface area contributed by atoms with Crippen molar-refractivity contribution in [3.63, 3.8) is 0 Å². The largest absolute Gasteiger partial charge is 0.326 e. The number of hydrogen-bond acceptors (Lipinski definition) is 3. The number of rotatable bonds is 3. The molecule has 0 amide bonds. The van der Waals surface area contributed by atoms with Gasteiger partial charge in [-0.15, -0.1) is 11.3 Å². The fourth-order valence-electron chi connectivity index (χ4n) is 2.63. The first-order valence-corrected chi connectivity index (χ1v) is 7.13. The Morgan fingerprint density at radius 1 is 1.38 bits per heavy atom. The molecule has 1 fully saturated rings. The molecule has 90 valence electrons. The summed E-state index contributed by atoms with van der Waals surface area (Å²) in [4.78, 5) is 3.89. The third-order valence-corrected chi connectivity index (χ3v) is 4.44. The number of thiophene rings is 1. The zero-order chi connectivity index (χ0) is 11.4. The van der Waals surface area contributed by atoms with Crippen molar-refractivity contribution in [1.82, 2.24) is 4.90 Å². The Morgan fingerprint density at radius 3 is 2.94 bits per heavy atom. The Kier molecular flexibility index (Phi) is 4.38. The predicted octanol–water partition coefficient (Wildman–Crippen LogP) is 2.84. The zero-order valence-electron chi connectivity index (χ0n) is 10.1. The van der Waals surface area contributed by atoms with E-state index in [1.807, 2.05) is 11.3 Å². The monoisotopic (exact) mass is 238 g/mol. The summed E-state index contributed by atoms with van der Waals surface area (Å²) in [5.74, 6) is 0. The third-order valence-electron chi connectivity index (χ3n) is 3.58. The van der Waals surface area contributed by atoms with Crippen molar-refractivity contribution in [1.29, 1.82) is 0 Å². The van der Waals surface area contributed by atoms with Gasteiger partial charge in [0.15, 0.2) is 0 Å². The van der Waals surface area contributed by atoms with Crippen LogP contribution in [-0.4, -0.2) is 24.0 Å². The van der Waals surface area contributed by atoms with Crippen molar-refractivity contribution in [3.05, 3.63) is 22.4 Å². The molecule has 16 heavy (non-hydrogen) atoms. The van der Waals surface area contributed by atoms with Crippen molar-refractivity contribution in [2.24, 2.45) is 5.73 Å². The van der Waals surface area contributed by atoms with E-state index in [0.29, 0.717) is 12.1 Å². The maximum absolute atomic E-state index is 6.27. The van der Waals surface area contributed by atoms with Crippen LogP contribution in [0.2, 0.25) is 0 Å². The molecule has 0 radical (unpaired) electrons. The van der Waals surface area contributed by atoms with Crippen LogP contribution >= 0.6 is 11.3 Å². The fraction of sp³-hybridized carbons (Fsp3) is 0.692. The molecule has 1 aliphatic rings. The van der Waals surface area contributed by atoms with Crippen LogP contribution in [-0.2, 0) is 6.54 Å². The van der Waals surface area contributed by atoms with Crippen LogP contribution in [0.1, 0.15) is 37.0 Å². The second-order valence-corrected chi connectivity index (χ2v) is 5.90. The summed E-state index contributed by atoms with van der Waals surface area (Å²) in [6, 6.07) is 5.28. The highest BCUT2D eigenvalue weighted by atomic mass is 32.1. The van der Waals surface area contributed by atoms with Gasteiger partial charge in [0.25, 0.3) is 0 Å². The SMILES string of the molecule is CN(Cc1cccs1)C1CCCCCC1N. The summed E-state index contributed by atoms with van der Waals surface area (Å²) < 4.78 is 0. The van der Waals surface area contributed by atoms with Gasteiger partial charge in [-0.3, -0.25) is 4.90 Å². The summed E-state index contributed by atoms with van der Waals surface area (Å²) in [5, 5.41) is 2.15. The first-order valence-electron chi connectivity index (χ1n) is 6.25. The Balaban J connectivity index is 1.94.